The van der Waals surface area contributed by atoms with E-state index in [1.165, 1.54) is 6.33 Å². The average molecular weight is 398 g/mol. The average Bonchev–Trinajstić information content (AvgIpc) is 3.38. The number of H-pyrrole nitrogens is 1. The number of aromatic nitrogens is 4. The highest BCUT2D eigenvalue weighted by Crippen LogP contribution is 2.32. The molecule has 1 aliphatic rings. The molecule has 0 spiro atoms. The van der Waals surface area contributed by atoms with E-state index in [9.17, 15) is 15.2 Å². The summed E-state index contributed by atoms with van der Waals surface area (Å²) >= 11 is 0. The Morgan fingerprint density at radius 3 is 2.80 bits per heavy atom. The van der Waals surface area contributed by atoms with Crippen molar-refractivity contribution >= 4 is 16.9 Å². The van der Waals surface area contributed by atoms with Crippen molar-refractivity contribution in [1.29, 1.82) is 5.26 Å². The molecular weight excluding hydrogens is 380 g/mol. The van der Waals surface area contributed by atoms with Crippen LogP contribution in [0.2, 0.25) is 0 Å². The molecule has 0 unspecified atom stereocenters. The number of aromatic amines is 1. The molecule has 4 aromatic rings. The molecule has 0 bridgehead atoms. The van der Waals surface area contributed by atoms with Gasteiger partial charge < -0.3 is 19.6 Å². The molecule has 2 N–H and O–H groups in total. The van der Waals surface area contributed by atoms with Gasteiger partial charge >= 0.3 is 0 Å². The summed E-state index contributed by atoms with van der Waals surface area (Å²) in [6.45, 7) is 1.11. The van der Waals surface area contributed by atoms with Gasteiger partial charge in [-0.05, 0) is 24.6 Å². The predicted molar refractivity (Wildman–Crippen MR) is 112 cm³/mol. The van der Waals surface area contributed by atoms with Crippen LogP contribution in [0.25, 0.3) is 27.8 Å². The maximum atomic E-state index is 12.7. The van der Waals surface area contributed by atoms with E-state index < -0.39 is 6.10 Å². The van der Waals surface area contributed by atoms with Gasteiger partial charge in [0, 0.05) is 42.3 Å². The number of rotatable bonds is 3. The molecule has 0 amide bonds. The third-order valence-electron chi connectivity index (χ3n) is 5.38. The zero-order valence-corrected chi connectivity index (χ0v) is 16.0. The molecule has 148 valence electrons. The lowest BCUT2D eigenvalue weighted by Crippen LogP contribution is -2.23. The molecule has 1 saturated heterocycles. The number of aliphatic hydroxyl groups excluding tert-OH is 1. The molecular formula is C22H18N6O2. The lowest BCUT2D eigenvalue weighted by molar-refractivity contribution is 0.198. The normalized spacial score (nSPS) is 16.1. The number of nitriles is 1. The van der Waals surface area contributed by atoms with E-state index in [-0.39, 0.29) is 5.56 Å². The van der Waals surface area contributed by atoms with Crippen molar-refractivity contribution in [1.82, 2.24) is 19.5 Å². The molecule has 1 fully saturated rings. The van der Waals surface area contributed by atoms with Crippen LogP contribution in [0.4, 0.5) is 5.82 Å². The third kappa shape index (κ3) is 2.93. The van der Waals surface area contributed by atoms with E-state index in [0.717, 1.165) is 5.69 Å². The number of hydrogen-bond donors (Lipinski definition) is 2. The number of para-hydroxylation sites is 1. The first kappa shape index (κ1) is 18.1. The summed E-state index contributed by atoms with van der Waals surface area (Å²) in [5.41, 5.74) is 2.87. The van der Waals surface area contributed by atoms with Crippen LogP contribution in [0, 0.1) is 11.3 Å². The first-order valence-electron chi connectivity index (χ1n) is 9.63. The Kier molecular flexibility index (Phi) is 4.30. The zero-order valence-electron chi connectivity index (χ0n) is 16.0. The maximum absolute atomic E-state index is 12.7. The van der Waals surface area contributed by atoms with Gasteiger partial charge in [-0.15, -0.1) is 0 Å². The Hall–Kier alpha value is -3.96. The van der Waals surface area contributed by atoms with Crippen molar-refractivity contribution in [3.05, 3.63) is 71.0 Å². The van der Waals surface area contributed by atoms with Gasteiger partial charge in [-0.2, -0.15) is 5.26 Å². The van der Waals surface area contributed by atoms with Crippen LogP contribution in [-0.2, 0) is 0 Å². The minimum atomic E-state index is -0.411. The molecule has 8 heteroatoms. The molecule has 0 radical (unpaired) electrons. The molecule has 1 aromatic carbocycles. The summed E-state index contributed by atoms with van der Waals surface area (Å²) in [5, 5.41) is 20.0. The van der Waals surface area contributed by atoms with Crippen molar-refractivity contribution in [3.63, 3.8) is 0 Å². The molecule has 5 rings (SSSR count). The van der Waals surface area contributed by atoms with Gasteiger partial charge in [-0.3, -0.25) is 4.79 Å². The Bertz CT molecular complexity index is 1340. The van der Waals surface area contributed by atoms with Crippen LogP contribution in [-0.4, -0.2) is 43.8 Å². The number of benzene rings is 1. The van der Waals surface area contributed by atoms with E-state index in [4.69, 9.17) is 0 Å². The van der Waals surface area contributed by atoms with E-state index >= 15 is 0 Å². The van der Waals surface area contributed by atoms with Gasteiger partial charge in [0.1, 0.15) is 11.9 Å². The standard InChI is InChI=1S/C22H18N6O2/c23-9-14-8-15(10-24-20(14)27-7-6-17(29)11-27)18-12-28(16-4-2-1-3-5-16)21-19(18)22(30)26-13-25-21/h1-5,8,10,12-13,17,29H,6-7,11H2,(H,25,26,30)/t17-/m0/s1. The SMILES string of the molecule is N#Cc1cc(-c2cn(-c3ccccc3)c3nc[nH]c(=O)c23)cnc1N1CC[C@H](O)C1. The molecule has 1 aliphatic heterocycles. The number of aliphatic hydroxyl groups is 1. The van der Waals surface area contributed by atoms with Crippen molar-refractivity contribution < 1.29 is 5.11 Å². The van der Waals surface area contributed by atoms with Gasteiger partial charge in [-0.1, -0.05) is 18.2 Å². The molecule has 0 saturated carbocycles. The Morgan fingerprint density at radius 1 is 1.23 bits per heavy atom. The summed E-state index contributed by atoms with van der Waals surface area (Å²) in [7, 11) is 0. The molecule has 8 nitrogen and oxygen atoms in total. The Labute approximate surface area is 171 Å². The van der Waals surface area contributed by atoms with Crippen LogP contribution < -0.4 is 10.5 Å². The van der Waals surface area contributed by atoms with E-state index in [1.807, 2.05) is 46.0 Å². The minimum absolute atomic E-state index is 0.255. The minimum Gasteiger partial charge on any atom is -0.391 e. The van der Waals surface area contributed by atoms with Gasteiger partial charge in [0.05, 0.1) is 23.4 Å². The fourth-order valence-corrected chi connectivity index (χ4v) is 3.95. The highest BCUT2D eigenvalue weighted by molar-refractivity contribution is 5.94. The Balaban J connectivity index is 1.69. The lowest BCUT2D eigenvalue weighted by Gasteiger charge is -2.18. The number of anilines is 1. The summed E-state index contributed by atoms with van der Waals surface area (Å²) in [6.07, 6.45) is 5.14. The number of fused-ring (bicyclic) bond motifs is 1. The number of hydrogen-bond acceptors (Lipinski definition) is 6. The van der Waals surface area contributed by atoms with Crippen LogP contribution in [0.1, 0.15) is 12.0 Å². The Morgan fingerprint density at radius 2 is 2.07 bits per heavy atom. The van der Waals surface area contributed by atoms with Crippen molar-refractivity contribution in [2.45, 2.75) is 12.5 Å². The second-order valence-corrected chi connectivity index (χ2v) is 7.27. The second kappa shape index (κ2) is 7.13. The second-order valence-electron chi connectivity index (χ2n) is 7.27. The summed E-state index contributed by atoms with van der Waals surface area (Å²) < 4.78 is 1.86. The predicted octanol–water partition coefficient (Wildman–Crippen LogP) is 2.22. The molecule has 3 aromatic heterocycles. The van der Waals surface area contributed by atoms with Crippen molar-refractivity contribution in [2.24, 2.45) is 0 Å². The van der Waals surface area contributed by atoms with Gasteiger partial charge in [0.2, 0.25) is 0 Å². The first-order chi connectivity index (χ1) is 14.7. The highest BCUT2D eigenvalue weighted by atomic mass is 16.3. The topological polar surface area (TPSA) is 111 Å². The highest BCUT2D eigenvalue weighted by Gasteiger charge is 2.24. The smallest absolute Gasteiger partial charge is 0.260 e. The fraction of sp³-hybridized carbons (Fsp3) is 0.182. The van der Waals surface area contributed by atoms with Gasteiger partial charge in [0.15, 0.2) is 5.65 Å². The zero-order chi connectivity index (χ0) is 20.7. The third-order valence-corrected chi connectivity index (χ3v) is 5.38. The number of nitrogens with one attached hydrogen (secondary N) is 1. The summed E-state index contributed by atoms with van der Waals surface area (Å²) in [6, 6.07) is 13.6. The maximum Gasteiger partial charge on any atom is 0.260 e. The molecule has 4 heterocycles. The van der Waals surface area contributed by atoms with Crippen LogP contribution in [0.3, 0.4) is 0 Å². The van der Waals surface area contributed by atoms with E-state index in [1.54, 1.807) is 12.3 Å². The van der Waals surface area contributed by atoms with Crippen molar-refractivity contribution in [2.75, 3.05) is 18.0 Å². The van der Waals surface area contributed by atoms with Gasteiger partial charge in [0.25, 0.3) is 5.56 Å². The lowest BCUT2D eigenvalue weighted by atomic mass is 10.1. The number of pyridine rings is 1. The van der Waals surface area contributed by atoms with Crippen LogP contribution >= 0.6 is 0 Å². The van der Waals surface area contributed by atoms with Crippen LogP contribution in [0.15, 0.2) is 59.9 Å². The molecule has 0 aliphatic carbocycles. The monoisotopic (exact) mass is 398 g/mol. The first-order valence-corrected chi connectivity index (χ1v) is 9.63. The van der Waals surface area contributed by atoms with Crippen LogP contribution in [0.5, 0.6) is 0 Å². The number of β-amino-alcohol motifs (C(OH)–C–C–N with tert-alkyl or cyclic N) is 1. The fourth-order valence-electron chi connectivity index (χ4n) is 3.95. The van der Waals surface area contributed by atoms with E-state index in [2.05, 4.69) is 21.0 Å². The van der Waals surface area contributed by atoms with Gasteiger partial charge in [-0.25, -0.2) is 9.97 Å². The largest absolute Gasteiger partial charge is 0.391 e. The molecule has 30 heavy (non-hydrogen) atoms. The number of nitrogens with zero attached hydrogens (tertiary/aromatic N) is 5. The molecule has 1 atom stereocenters. The van der Waals surface area contributed by atoms with Crippen molar-refractivity contribution in [3.8, 4) is 22.9 Å². The quantitative estimate of drug-likeness (QED) is 0.547. The van der Waals surface area contributed by atoms with E-state index in [0.29, 0.717) is 53.1 Å². The summed E-state index contributed by atoms with van der Waals surface area (Å²) in [4.78, 5) is 26.1. The summed E-state index contributed by atoms with van der Waals surface area (Å²) in [5.74, 6) is 0.552.